The zero-order chi connectivity index (χ0) is 11.0. The van der Waals surface area contributed by atoms with Crippen LogP contribution in [0.3, 0.4) is 0 Å². The Morgan fingerprint density at radius 1 is 1.33 bits per heavy atom. The first-order valence-corrected chi connectivity index (χ1v) is 4.96. The Morgan fingerprint density at radius 3 is 2.67 bits per heavy atom. The van der Waals surface area contributed by atoms with E-state index in [0.717, 1.165) is 16.7 Å². The summed E-state index contributed by atoms with van der Waals surface area (Å²) in [6.45, 7) is 4.17. The maximum Gasteiger partial charge on any atom is 0.135 e. The molecule has 0 radical (unpaired) electrons. The summed E-state index contributed by atoms with van der Waals surface area (Å²) in [6, 6.07) is 7.61. The van der Waals surface area contributed by atoms with Crippen molar-refractivity contribution in [1.82, 2.24) is 0 Å². The summed E-state index contributed by atoms with van der Waals surface area (Å²) in [6.07, 6.45) is 0. The van der Waals surface area contributed by atoms with Crippen molar-refractivity contribution >= 4 is 16.8 Å². The van der Waals surface area contributed by atoms with Crippen molar-refractivity contribution in [1.29, 1.82) is 5.41 Å². The quantitative estimate of drug-likeness (QED) is 0.581. The van der Waals surface area contributed by atoms with Crippen molar-refractivity contribution in [2.45, 2.75) is 19.8 Å². The van der Waals surface area contributed by atoms with Crippen LogP contribution in [0.1, 0.15) is 31.1 Å². The van der Waals surface area contributed by atoms with Gasteiger partial charge in [-0.05, 0) is 12.1 Å². The molecule has 2 aromatic rings. The van der Waals surface area contributed by atoms with Crippen LogP contribution in [0, 0.1) is 5.41 Å². The Morgan fingerprint density at radius 2 is 2.07 bits per heavy atom. The summed E-state index contributed by atoms with van der Waals surface area (Å²) in [5.74, 6) is 1.41. The van der Waals surface area contributed by atoms with Crippen molar-refractivity contribution in [3.05, 3.63) is 35.6 Å². The molecule has 15 heavy (non-hydrogen) atoms. The molecule has 1 aromatic carbocycles. The standard InChI is InChI=1S/C12H14N2O/c1-7(2)10-5-8-3-4-9(12(13)14)6-11(8)15-10/h3-7H,1-2H3,(H3,13,14). The normalized spacial score (nSPS) is 11.1. The van der Waals surface area contributed by atoms with Crippen molar-refractivity contribution in [2.24, 2.45) is 5.73 Å². The van der Waals surface area contributed by atoms with E-state index in [1.165, 1.54) is 0 Å². The topological polar surface area (TPSA) is 63.0 Å². The minimum atomic E-state index is 0.0689. The third kappa shape index (κ3) is 1.73. The van der Waals surface area contributed by atoms with Gasteiger partial charge in [0, 0.05) is 16.9 Å². The van der Waals surface area contributed by atoms with Gasteiger partial charge in [-0.25, -0.2) is 0 Å². The van der Waals surface area contributed by atoms with Gasteiger partial charge in [-0.15, -0.1) is 0 Å². The number of fused-ring (bicyclic) bond motifs is 1. The van der Waals surface area contributed by atoms with E-state index in [4.69, 9.17) is 15.6 Å². The van der Waals surface area contributed by atoms with E-state index in [1.54, 1.807) is 0 Å². The molecule has 0 amide bonds. The van der Waals surface area contributed by atoms with Gasteiger partial charge < -0.3 is 10.2 Å². The van der Waals surface area contributed by atoms with Crippen LogP contribution < -0.4 is 5.73 Å². The van der Waals surface area contributed by atoms with E-state index >= 15 is 0 Å². The Bertz CT molecular complexity index is 511. The SMILES string of the molecule is CC(C)c1cc2ccc(C(=N)N)cc2o1. The van der Waals surface area contributed by atoms with Gasteiger partial charge in [0.25, 0.3) is 0 Å². The highest BCUT2D eigenvalue weighted by atomic mass is 16.3. The van der Waals surface area contributed by atoms with E-state index in [9.17, 15) is 0 Å². The molecule has 78 valence electrons. The van der Waals surface area contributed by atoms with E-state index in [1.807, 2.05) is 24.3 Å². The molecule has 3 N–H and O–H groups in total. The lowest BCUT2D eigenvalue weighted by molar-refractivity contribution is 0.521. The molecule has 0 spiro atoms. The molecule has 1 aromatic heterocycles. The monoisotopic (exact) mass is 202 g/mol. The minimum absolute atomic E-state index is 0.0689. The van der Waals surface area contributed by atoms with Crippen molar-refractivity contribution in [2.75, 3.05) is 0 Å². The molecule has 0 fully saturated rings. The van der Waals surface area contributed by atoms with Crippen LogP contribution in [-0.2, 0) is 0 Å². The first-order valence-electron chi connectivity index (χ1n) is 4.96. The highest BCUT2D eigenvalue weighted by molar-refractivity contribution is 5.98. The molecule has 2 rings (SSSR count). The summed E-state index contributed by atoms with van der Waals surface area (Å²) in [5.41, 5.74) is 6.91. The Labute approximate surface area is 88.4 Å². The Balaban J connectivity index is 2.57. The first kappa shape index (κ1) is 9.77. The maximum atomic E-state index is 7.34. The lowest BCUT2D eigenvalue weighted by atomic mass is 10.1. The van der Waals surface area contributed by atoms with Crippen LogP contribution in [0.4, 0.5) is 0 Å². The molecule has 0 unspecified atom stereocenters. The highest BCUT2D eigenvalue weighted by Gasteiger charge is 2.08. The fourth-order valence-electron chi connectivity index (χ4n) is 1.50. The van der Waals surface area contributed by atoms with Gasteiger partial charge in [0.05, 0.1) is 0 Å². The molecule has 0 saturated heterocycles. The lowest BCUT2D eigenvalue weighted by Gasteiger charge is -1.97. The number of nitrogens with one attached hydrogen (secondary N) is 1. The van der Waals surface area contributed by atoms with Crippen LogP contribution in [0.2, 0.25) is 0 Å². The molecule has 0 aliphatic heterocycles. The average Bonchev–Trinajstić information content (AvgIpc) is 2.59. The summed E-state index contributed by atoms with van der Waals surface area (Å²) < 4.78 is 5.67. The molecular formula is C12H14N2O. The zero-order valence-corrected chi connectivity index (χ0v) is 8.87. The molecule has 0 atom stereocenters. The fourth-order valence-corrected chi connectivity index (χ4v) is 1.50. The number of rotatable bonds is 2. The van der Waals surface area contributed by atoms with Gasteiger partial charge in [0.2, 0.25) is 0 Å². The van der Waals surface area contributed by atoms with Crippen molar-refractivity contribution in [3.8, 4) is 0 Å². The summed E-state index contributed by atoms with van der Waals surface area (Å²) in [5, 5.41) is 8.40. The Kier molecular flexibility index (Phi) is 2.23. The van der Waals surface area contributed by atoms with Crippen LogP contribution in [0.5, 0.6) is 0 Å². The zero-order valence-electron chi connectivity index (χ0n) is 8.87. The molecule has 0 bridgehead atoms. The number of nitrogens with two attached hydrogens (primary N) is 1. The fraction of sp³-hybridized carbons (Fsp3) is 0.250. The van der Waals surface area contributed by atoms with Crippen LogP contribution >= 0.6 is 0 Å². The van der Waals surface area contributed by atoms with Gasteiger partial charge in [0.1, 0.15) is 17.2 Å². The van der Waals surface area contributed by atoms with Gasteiger partial charge in [-0.2, -0.15) is 0 Å². The van der Waals surface area contributed by atoms with Crippen molar-refractivity contribution < 1.29 is 4.42 Å². The third-order valence-corrected chi connectivity index (χ3v) is 2.42. The minimum Gasteiger partial charge on any atom is -0.461 e. The number of nitrogen functional groups attached to an aromatic ring is 1. The molecule has 3 nitrogen and oxygen atoms in total. The number of hydrogen-bond donors (Lipinski definition) is 2. The number of furan rings is 1. The smallest absolute Gasteiger partial charge is 0.135 e. The second-order valence-electron chi connectivity index (χ2n) is 3.97. The van der Waals surface area contributed by atoms with Gasteiger partial charge >= 0.3 is 0 Å². The van der Waals surface area contributed by atoms with E-state index in [-0.39, 0.29) is 5.84 Å². The van der Waals surface area contributed by atoms with Crippen LogP contribution in [0.15, 0.2) is 28.7 Å². The van der Waals surface area contributed by atoms with Crippen LogP contribution in [-0.4, -0.2) is 5.84 Å². The van der Waals surface area contributed by atoms with Gasteiger partial charge in [0.15, 0.2) is 0 Å². The summed E-state index contributed by atoms with van der Waals surface area (Å²) >= 11 is 0. The molecule has 0 aliphatic rings. The van der Waals surface area contributed by atoms with E-state index < -0.39 is 0 Å². The molecule has 3 heteroatoms. The predicted octanol–water partition coefficient (Wildman–Crippen LogP) is 2.84. The molecule has 0 saturated carbocycles. The average molecular weight is 202 g/mol. The van der Waals surface area contributed by atoms with E-state index in [0.29, 0.717) is 11.5 Å². The summed E-state index contributed by atoms with van der Waals surface area (Å²) in [4.78, 5) is 0. The second kappa shape index (κ2) is 3.42. The number of amidine groups is 1. The van der Waals surface area contributed by atoms with Crippen LogP contribution in [0.25, 0.3) is 11.0 Å². The van der Waals surface area contributed by atoms with Crippen molar-refractivity contribution in [3.63, 3.8) is 0 Å². The lowest BCUT2D eigenvalue weighted by Crippen LogP contribution is -2.10. The van der Waals surface area contributed by atoms with Gasteiger partial charge in [-0.3, -0.25) is 5.41 Å². The molecule has 1 heterocycles. The number of benzene rings is 1. The second-order valence-corrected chi connectivity index (χ2v) is 3.97. The number of hydrogen-bond acceptors (Lipinski definition) is 2. The highest BCUT2D eigenvalue weighted by Crippen LogP contribution is 2.25. The van der Waals surface area contributed by atoms with Gasteiger partial charge in [-0.1, -0.05) is 26.0 Å². The van der Waals surface area contributed by atoms with E-state index in [2.05, 4.69) is 13.8 Å². The largest absolute Gasteiger partial charge is 0.461 e. The summed E-state index contributed by atoms with van der Waals surface area (Å²) in [7, 11) is 0. The first-order chi connectivity index (χ1) is 7.08. The maximum absolute atomic E-state index is 7.34. The predicted molar refractivity (Wildman–Crippen MR) is 61.3 cm³/mol. The molecule has 0 aliphatic carbocycles. The molecular weight excluding hydrogens is 188 g/mol. The Hall–Kier alpha value is -1.77. The third-order valence-electron chi connectivity index (χ3n) is 2.42.